The number of anilines is 1. The van der Waals surface area contributed by atoms with Crippen LogP contribution in [-0.2, 0) is 11.2 Å². The van der Waals surface area contributed by atoms with Crippen LogP contribution in [0, 0.1) is 5.92 Å². The van der Waals surface area contributed by atoms with Crippen molar-refractivity contribution in [1.82, 2.24) is 0 Å². The first-order valence-corrected chi connectivity index (χ1v) is 8.82. The van der Waals surface area contributed by atoms with E-state index < -0.39 is 0 Å². The molecule has 2 nitrogen and oxygen atoms in total. The van der Waals surface area contributed by atoms with Crippen molar-refractivity contribution in [3.05, 3.63) is 63.6 Å². The van der Waals surface area contributed by atoms with Gasteiger partial charge in [-0.05, 0) is 42.2 Å². The molecule has 1 N–H and O–H groups in total. The monoisotopic (exact) mass is 357 g/mol. The Morgan fingerprint density at radius 3 is 2.77 bits per heavy atom. The Hall–Kier alpha value is -1.32. The largest absolute Gasteiger partial charge is 0.378 e. The van der Waals surface area contributed by atoms with Crippen molar-refractivity contribution in [3.8, 4) is 0 Å². The van der Waals surface area contributed by atoms with Crippen LogP contribution in [-0.4, -0.2) is 6.61 Å². The third kappa shape index (κ3) is 2.37. The fourth-order valence-electron chi connectivity index (χ4n) is 3.74. The molecule has 2 aromatic carbocycles. The van der Waals surface area contributed by atoms with E-state index in [0.29, 0.717) is 12.0 Å². The van der Waals surface area contributed by atoms with Crippen molar-refractivity contribution >= 4 is 21.6 Å². The van der Waals surface area contributed by atoms with Gasteiger partial charge in [0.2, 0.25) is 0 Å². The van der Waals surface area contributed by atoms with E-state index in [1.54, 1.807) is 0 Å². The molecule has 114 valence electrons. The Labute approximate surface area is 140 Å². The predicted molar refractivity (Wildman–Crippen MR) is 93.1 cm³/mol. The highest BCUT2D eigenvalue weighted by Crippen LogP contribution is 2.50. The highest BCUT2D eigenvalue weighted by atomic mass is 79.9. The van der Waals surface area contributed by atoms with Crippen LogP contribution in [0.3, 0.4) is 0 Å². The molecular formula is C19H20BrNO. The summed E-state index contributed by atoms with van der Waals surface area (Å²) in [5.41, 5.74) is 5.30. The van der Waals surface area contributed by atoms with Crippen LogP contribution in [0.25, 0.3) is 0 Å². The third-order valence-corrected chi connectivity index (χ3v) is 5.47. The first-order chi connectivity index (χ1) is 10.8. The lowest BCUT2D eigenvalue weighted by Gasteiger charge is -2.36. The molecule has 2 heterocycles. The number of hydrogen-bond donors (Lipinski definition) is 1. The summed E-state index contributed by atoms with van der Waals surface area (Å²) in [6.45, 7) is 3.06. The zero-order valence-corrected chi connectivity index (χ0v) is 14.3. The van der Waals surface area contributed by atoms with E-state index >= 15 is 0 Å². The minimum absolute atomic E-state index is 0.233. The molecule has 2 aliphatic rings. The average Bonchev–Trinajstić information content (AvgIpc) is 3.04. The summed E-state index contributed by atoms with van der Waals surface area (Å²) < 4.78 is 7.23. The number of fused-ring (bicyclic) bond motifs is 3. The fraction of sp³-hybridized carbons (Fsp3) is 0.368. The summed E-state index contributed by atoms with van der Waals surface area (Å²) in [4.78, 5) is 0. The fourth-order valence-corrected chi connectivity index (χ4v) is 4.01. The zero-order valence-electron chi connectivity index (χ0n) is 12.7. The molecule has 0 unspecified atom stereocenters. The number of hydrogen-bond acceptors (Lipinski definition) is 2. The normalized spacial score (nSPS) is 26.2. The summed E-state index contributed by atoms with van der Waals surface area (Å²) in [5, 5.41) is 3.76. The van der Waals surface area contributed by atoms with E-state index in [9.17, 15) is 0 Å². The summed E-state index contributed by atoms with van der Waals surface area (Å²) in [7, 11) is 0. The molecule has 0 bridgehead atoms. The van der Waals surface area contributed by atoms with Gasteiger partial charge in [0.15, 0.2) is 0 Å². The number of aryl methyl sites for hydroxylation is 1. The van der Waals surface area contributed by atoms with Gasteiger partial charge in [-0.3, -0.25) is 0 Å². The van der Waals surface area contributed by atoms with E-state index in [-0.39, 0.29) is 6.10 Å². The van der Waals surface area contributed by atoms with Crippen molar-refractivity contribution in [3.63, 3.8) is 0 Å². The molecule has 2 aliphatic heterocycles. The van der Waals surface area contributed by atoms with Gasteiger partial charge in [-0.2, -0.15) is 0 Å². The molecule has 0 amide bonds. The quantitative estimate of drug-likeness (QED) is 0.791. The molecule has 0 saturated carbocycles. The molecule has 1 fully saturated rings. The standard InChI is InChI=1S/C19H20BrNO/c1-2-12-3-8-17-16(11-12)19-15(9-10-22-19)18(21-17)13-4-6-14(20)7-5-13/h3-8,11,15,18-19,21H,2,9-10H2,1H3/t15-,18-,19-/m0/s1. The average molecular weight is 358 g/mol. The Morgan fingerprint density at radius 2 is 2.00 bits per heavy atom. The molecule has 3 heteroatoms. The van der Waals surface area contributed by atoms with Crippen molar-refractivity contribution in [2.24, 2.45) is 5.92 Å². The molecule has 0 spiro atoms. The van der Waals surface area contributed by atoms with Crippen molar-refractivity contribution in [2.45, 2.75) is 31.9 Å². The van der Waals surface area contributed by atoms with E-state index in [4.69, 9.17) is 4.74 Å². The van der Waals surface area contributed by atoms with E-state index in [1.807, 2.05) is 0 Å². The molecule has 22 heavy (non-hydrogen) atoms. The lowest BCUT2D eigenvalue weighted by atomic mass is 9.80. The van der Waals surface area contributed by atoms with Crippen LogP contribution in [0.2, 0.25) is 0 Å². The Bertz CT molecular complexity index is 682. The Balaban J connectivity index is 1.75. The Kier molecular flexibility index (Phi) is 3.71. The second-order valence-electron chi connectivity index (χ2n) is 6.19. The summed E-state index contributed by atoms with van der Waals surface area (Å²) in [6, 6.07) is 15.8. The summed E-state index contributed by atoms with van der Waals surface area (Å²) in [6.07, 6.45) is 2.42. The second-order valence-corrected chi connectivity index (χ2v) is 7.11. The lowest BCUT2D eigenvalue weighted by Crippen LogP contribution is -2.29. The maximum Gasteiger partial charge on any atom is 0.0896 e. The highest BCUT2D eigenvalue weighted by Gasteiger charge is 2.41. The van der Waals surface area contributed by atoms with E-state index in [0.717, 1.165) is 23.9 Å². The molecule has 4 rings (SSSR count). The first-order valence-electron chi connectivity index (χ1n) is 8.02. The van der Waals surface area contributed by atoms with Gasteiger partial charge in [0.05, 0.1) is 12.1 Å². The van der Waals surface area contributed by atoms with Crippen LogP contribution in [0.1, 0.15) is 42.2 Å². The van der Waals surface area contributed by atoms with E-state index in [1.165, 1.54) is 22.4 Å². The highest BCUT2D eigenvalue weighted by molar-refractivity contribution is 9.10. The van der Waals surface area contributed by atoms with Gasteiger partial charge in [-0.1, -0.05) is 47.1 Å². The van der Waals surface area contributed by atoms with Crippen LogP contribution >= 0.6 is 15.9 Å². The lowest BCUT2D eigenvalue weighted by molar-refractivity contribution is 0.0829. The molecule has 0 radical (unpaired) electrons. The number of rotatable bonds is 2. The minimum Gasteiger partial charge on any atom is -0.378 e. The second kappa shape index (κ2) is 5.71. The van der Waals surface area contributed by atoms with Gasteiger partial charge in [0.25, 0.3) is 0 Å². The predicted octanol–water partition coefficient (Wildman–Crippen LogP) is 5.26. The molecule has 2 aromatic rings. The van der Waals surface area contributed by atoms with Gasteiger partial charge in [0.1, 0.15) is 0 Å². The first kappa shape index (κ1) is 14.3. The van der Waals surface area contributed by atoms with Gasteiger partial charge < -0.3 is 10.1 Å². The molecule has 3 atom stereocenters. The maximum absolute atomic E-state index is 6.11. The van der Waals surface area contributed by atoms with Crippen LogP contribution < -0.4 is 5.32 Å². The van der Waals surface area contributed by atoms with Gasteiger partial charge in [-0.15, -0.1) is 0 Å². The van der Waals surface area contributed by atoms with Crippen LogP contribution in [0.15, 0.2) is 46.9 Å². The molecule has 1 saturated heterocycles. The number of halogens is 1. The zero-order chi connectivity index (χ0) is 15.1. The molecular weight excluding hydrogens is 338 g/mol. The summed E-state index contributed by atoms with van der Waals surface area (Å²) in [5.74, 6) is 0.515. The number of benzene rings is 2. The summed E-state index contributed by atoms with van der Waals surface area (Å²) >= 11 is 3.52. The maximum atomic E-state index is 6.11. The third-order valence-electron chi connectivity index (χ3n) is 4.94. The molecule has 0 aromatic heterocycles. The smallest absolute Gasteiger partial charge is 0.0896 e. The SMILES string of the molecule is CCc1ccc2c(c1)[C@H]1OCC[C@H]1[C@H](c1ccc(Br)cc1)N2. The van der Waals surface area contributed by atoms with Gasteiger partial charge in [0, 0.05) is 28.2 Å². The topological polar surface area (TPSA) is 21.3 Å². The van der Waals surface area contributed by atoms with Crippen molar-refractivity contribution in [1.29, 1.82) is 0 Å². The van der Waals surface area contributed by atoms with Crippen molar-refractivity contribution < 1.29 is 4.74 Å². The van der Waals surface area contributed by atoms with Gasteiger partial charge in [-0.25, -0.2) is 0 Å². The number of ether oxygens (including phenoxy) is 1. The minimum atomic E-state index is 0.233. The van der Waals surface area contributed by atoms with Gasteiger partial charge >= 0.3 is 0 Å². The van der Waals surface area contributed by atoms with Crippen LogP contribution in [0.4, 0.5) is 5.69 Å². The Morgan fingerprint density at radius 1 is 1.18 bits per heavy atom. The van der Waals surface area contributed by atoms with Crippen molar-refractivity contribution in [2.75, 3.05) is 11.9 Å². The number of nitrogens with one attached hydrogen (secondary N) is 1. The molecule has 0 aliphatic carbocycles. The van der Waals surface area contributed by atoms with Crippen LogP contribution in [0.5, 0.6) is 0 Å². The van der Waals surface area contributed by atoms with E-state index in [2.05, 4.69) is 70.6 Å².